The number of hydrogen-bond donors (Lipinski definition) is 24. The number of β-amino-alcohol motifs (C(OH)–C–C–N with tert-alkyl or cyclic N) is 2. The Bertz CT molecular complexity index is 2390. The Morgan fingerprint density at radius 1 is 0.557 bits per heavy atom. The second-order valence-corrected chi connectivity index (χ2v) is 22.3. The van der Waals surface area contributed by atoms with E-state index in [9.17, 15) is 69.0 Å². The van der Waals surface area contributed by atoms with Crippen molar-refractivity contribution in [3.8, 4) is 0 Å². The maximum absolute atomic E-state index is 13.1. The highest BCUT2D eigenvalue weighted by atomic mass is 16.6. The molecule has 0 aliphatic carbocycles. The summed E-state index contributed by atoms with van der Waals surface area (Å²) in [5, 5.41) is 89.6. The monoisotopic (exact) mass is 1260 g/mol. The van der Waals surface area contributed by atoms with Gasteiger partial charge in [-0.15, -0.1) is 0 Å². The highest BCUT2D eigenvalue weighted by Crippen LogP contribution is 2.26. The molecule has 8 amide bonds. The number of ether oxygens (including phenoxy) is 4. The summed E-state index contributed by atoms with van der Waals surface area (Å²) in [6.45, 7) is 0.399. The number of amides is 8. The first-order chi connectivity index (χ1) is 41.9. The molecule has 0 bridgehead atoms. The van der Waals surface area contributed by atoms with Crippen molar-refractivity contribution >= 4 is 59.5 Å². The summed E-state index contributed by atoms with van der Waals surface area (Å²) >= 11 is 0. The Balaban J connectivity index is 0.000000348. The van der Waals surface area contributed by atoms with Gasteiger partial charge in [0.1, 0.15) is 36.5 Å². The van der Waals surface area contributed by atoms with E-state index in [1.807, 2.05) is 0 Å². The number of carbonyl (C=O) groups is 8. The molecular weight excluding hydrogens is 1170 g/mol. The SMILES string of the molecule is NCCC[C@H](N)CC(=O)NCCC[C@H](N)CC(=O)NCCC[C@H](N)CC(=O)N[C@@H]1[C@H](O)[C@@H](OC(N)=O)[C@@H](CO)O[C@H]1NC1=N[C@@H]2C(=O)NC[C@@H](O)[C@H]2N1.NCCC[C@H](N)CC(=O)N[C@@H]1[C@H](O)[C@@H](OC(N)=O)[C@@H](CO)O[C@H]1NC1=N[C@@H]2C(=O)NC[C@@H](O)[C@H]2N1. The fourth-order valence-corrected chi connectivity index (χ4v) is 10.6. The molecule has 38 nitrogen and oxygen atoms in total. The Kier molecular flexibility index (Phi) is 29.1. The number of carbonyl (C=O) groups excluding carboxylic acids is 8. The third-order valence-corrected chi connectivity index (χ3v) is 15.2. The van der Waals surface area contributed by atoms with Gasteiger partial charge in [-0.05, 0) is 64.5 Å². The lowest BCUT2D eigenvalue weighted by molar-refractivity contribution is -0.198. The first-order valence-electron chi connectivity index (χ1n) is 29.3. The number of nitrogens with zero attached hydrogens (tertiary/aromatic N) is 2. The standard InChI is InChI=1S/C31H58N12O10.C19H34N8O8/c32-7-1-4-15(33)10-20(46)37-8-2-5-16(34)11-21(47)38-9-3-6-17(35)12-22(48)40-25-26(49)27(53-30(36)51)19(14-44)52-29(25)43-31-41-23-18(45)13-39-28(50)24(23)42-31;20-3-1-2-7(21)4-10(30)24-13-14(31)15(35-18(22)33)9(6-28)34-17(13)27-19-25-11-8(29)5-23-16(32)12(11)26-19/h15-19,23-27,29,44-45,49H,1-14,32-35H2,(H2,36,51)(H,37,46)(H,38,47)(H,39,50)(H,40,48)(H2,41,42,43);7-9,11-15,17,28-29,31H,1-6,20-21H2,(H2,22,33)(H,23,32)(H,24,30)(H2,25,26,27)/t15-,16-,17-,18+,19+,23+,24-,25+,26-,27-,29+;7-,8+,9+,11+,12-,13+,14-,15-,17+/m00/s1. The molecule has 20 atom stereocenters. The number of primary amides is 2. The van der Waals surface area contributed by atoms with E-state index < -0.39 is 159 Å². The summed E-state index contributed by atoms with van der Waals surface area (Å²) in [7, 11) is 0. The molecule has 0 radical (unpaired) electrons. The number of rotatable bonds is 30. The summed E-state index contributed by atoms with van der Waals surface area (Å²) in [5.74, 6) is -2.19. The van der Waals surface area contributed by atoms with Gasteiger partial charge in [0.05, 0.1) is 37.5 Å². The van der Waals surface area contributed by atoms with E-state index >= 15 is 0 Å². The van der Waals surface area contributed by atoms with E-state index in [0.29, 0.717) is 71.1 Å². The summed E-state index contributed by atoms with van der Waals surface area (Å²) in [4.78, 5) is 106. The lowest BCUT2D eigenvalue weighted by Crippen LogP contribution is -2.70. The van der Waals surface area contributed by atoms with Gasteiger partial charge in [-0.2, -0.15) is 0 Å². The zero-order valence-electron chi connectivity index (χ0n) is 48.8. The van der Waals surface area contributed by atoms with Crippen molar-refractivity contribution in [1.82, 2.24) is 53.2 Å². The molecule has 4 fully saturated rings. The molecule has 0 aromatic rings. The molecule has 88 heavy (non-hydrogen) atoms. The third-order valence-electron chi connectivity index (χ3n) is 15.2. The Labute approximate surface area is 506 Å². The highest BCUT2D eigenvalue weighted by molar-refractivity contribution is 5.94. The van der Waals surface area contributed by atoms with E-state index in [2.05, 4.69) is 63.2 Å². The lowest BCUT2D eigenvalue weighted by atomic mass is 9.95. The molecule has 4 saturated heterocycles. The van der Waals surface area contributed by atoms with E-state index in [4.69, 9.17) is 64.8 Å². The zero-order chi connectivity index (χ0) is 64.8. The zero-order valence-corrected chi connectivity index (χ0v) is 48.8. The van der Waals surface area contributed by atoms with Gasteiger partial charge in [0.15, 0.2) is 48.7 Å². The molecule has 6 heterocycles. The second-order valence-electron chi connectivity index (χ2n) is 22.3. The minimum atomic E-state index is -1.62. The molecule has 38 heteroatoms. The predicted molar refractivity (Wildman–Crippen MR) is 308 cm³/mol. The minimum absolute atomic E-state index is 0.0174. The van der Waals surface area contributed by atoms with Gasteiger partial charge >= 0.3 is 12.2 Å². The molecule has 0 spiro atoms. The molecule has 500 valence electrons. The van der Waals surface area contributed by atoms with Gasteiger partial charge in [-0.25, -0.2) is 19.6 Å². The number of aliphatic hydroxyl groups excluding tert-OH is 6. The third kappa shape index (κ3) is 21.8. The van der Waals surface area contributed by atoms with Crippen molar-refractivity contribution in [2.45, 2.75) is 199 Å². The van der Waals surface area contributed by atoms with Crippen LogP contribution in [0.4, 0.5) is 9.59 Å². The van der Waals surface area contributed by atoms with Crippen LogP contribution in [0.1, 0.15) is 77.0 Å². The van der Waals surface area contributed by atoms with Gasteiger partial charge in [0.2, 0.25) is 35.4 Å². The first-order valence-corrected chi connectivity index (χ1v) is 29.3. The van der Waals surface area contributed by atoms with Gasteiger partial charge in [0.25, 0.3) is 0 Å². The quantitative estimate of drug-likeness (QED) is 0.0297. The van der Waals surface area contributed by atoms with Crippen LogP contribution in [-0.2, 0) is 47.7 Å². The van der Waals surface area contributed by atoms with E-state index in [0.717, 1.165) is 6.42 Å². The summed E-state index contributed by atoms with van der Waals surface area (Å²) in [6.07, 6.45) is -10.6. The molecule has 0 unspecified atom stereocenters. The summed E-state index contributed by atoms with van der Waals surface area (Å²) in [6, 6.07) is -7.51. The smallest absolute Gasteiger partial charge is 0.404 e. The van der Waals surface area contributed by atoms with Crippen molar-refractivity contribution in [1.29, 1.82) is 0 Å². The van der Waals surface area contributed by atoms with Crippen molar-refractivity contribution in [2.75, 3.05) is 52.5 Å². The molecule has 6 rings (SSSR count). The van der Waals surface area contributed by atoms with Crippen molar-refractivity contribution in [3.05, 3.63) is 0 Å². The highest BCUT2D eigenvalue weighted by Gasteiger charge is 2.52. The maximum atomic E-state index is 13.1. The van der Waals surface area contributed by atoms with Crippen LogP contribution in [0.15, 0.2) is 9.98 Å². The number of piperidine rings is 2. The van der Waals surface area contributed by atoms with Crippen LogP contribution in [0, 0.1) is 0 Å². The van der Waals surface area contributed by atoms with Gasteiger partial charge in [-0.1, -0.05) is 0 Å². The molecule has 0 aromatic heterocycles. The molecular formula is C50H92N20O18. The van der Waals surface area contributed by atoms with Crippen LogP contribution >= 0.6 is 0 Å². The second kappa shape index (κ2) is 35.5. The predicted octanol–water partition coefficient (Wildman–Crippen LogP) is -12.3. The maximum Gasteiger partial charge on any atom is 0.404 e. The summed E-state index contributed by atoms with van der Waals surface area (Å²) in [5.41, 5.74) is 45.3. The van der Waals surface area contributed by atoms with Gasteiger partial charge in [0, 0.05) is 76.0 Å². The first kappa shape index (κ1) is 72.1. The van der Waals surface area contributed by atoms with Crippen LogP contribution in [0.2, 0.25) is 0 Å². The number of fused-ring (bicyclic) bond motifs is 2. The van der Waals surface area contributed by atoms with Crippen molar-refractivity contribution in [3.63, 3.8) is 0 Å². The van der Waals surface area contributed by atoms with Crippen molar-refractivity contribution in [2.24, 2.45) is 55.9 Å². The van der Waals surface area contributed by atoms with Gasteiger partial charge in [-0.3, -0.25) is 28.8 Å². The van der Waals surface area contributed by atoms with Crippen LogP contribution in [0.3, 0.4) is 0 Å². The normalized spacial score (nSPS) is 31.0. The van der Waals surface area contributed by atoms with Crippen molar-refractivity contribution < 1.29 is 87.9 Å². The molecule has 6 aliphatic rings. The fourth-order valence-electron chi connectivity index (χ4n) is 10.6. The Hall–Kier alpha value is -6.66. The largest absolute Gasteiger partial charge is 0.441 e. The average molecular weight is 1260 g/mol. The molecule has 0 saturated carbocycles. The van der Waals surface area contributed by atoms with Gasteiger partial charge < -0.3 is 149 Å². The number of nitrogens with two attached hydrogens (primary N) is 8. The number of aliphatic hydroxyl groups is 6. The van der Waals surface area contributed by atoms with E-state index in [1.165, 1.54) is 0 Å². The number of nitrogens with one attached hydrogen (secondary N) is 10. The van der Waals surface area contributed by atoms with Crippen LogP contribution in [-0.4, -0.2) is 264 Å². The number of aliphatic imine (C=N–C) groups is 2. The Morgan fingerprint density at radius 2 is 0.898 bits per heavy atom. The Morgan fingerprint density at radius 3 is 1.22 bits per heavy atom. The minimum Gasteiger partial charge on any atom is -0.441 e. The van der Waals surface area contributed by atoms with E-state index in [-0.39, 0.29) is 74.5 Å². The average Bonchev–Trinajstić information content (AvgIpc) is 1.50. The lowest BCUT2D eigenvalue weighted by Gasteiger charge is -2.44. The molecule has 0 aromatic carbocycles. The van der Waals surface area contributed by atoms with E-state index in [1.54, 1.807) is 0 Å². The van der Waals surface area contributed by atoms with Crippen LogP contribution in [0.5, 0.6) is 0 Å². The fraction of sp³-hybridized carbons (Fsp3) is 0.800. The topological polar surface area (TPSA) is 648 Å². The number of hydrogen-bond acceptors (Lipinski definition) is 30. The van der Waals surface area contributed by atoms with Crippen LogP contribution < -0.4 is 99.0 Å². The number of guanidine groups is 2. The molecule has 32 N–H and O–H groups in total. The molecule has 6 aliphatic heterocycles. The van der Waals surface area contributed by atoms with Crippen LogP contribution in [0.25, 0.3) is 0 Å². The summed E-state index contributed by atoms with van der Waals surface area (Å²) < 4.78 is 21.5.